The first kappa shape index (κ1) is 17.6. The summed E-state index contributed by atoms with van der Waals surface area (Å²) in [6.45, 7) is -0.170. The fourth-order valence-electron chi connectivity index (χ4n) is 3.05. The number of aliphatic hydroxyl groups excluding tert-OH is 1. The van der Waals surface area contributed by atoms with Gasteiger partial charge in [0.25, 0.3) is 0 Å². The summed E-state index contributed by atoms with van der Waals surface area (Å²) in [6, 6.07) is 1.47. The summed E-state index contributed by atoms with van der Waals surface area (Å²) in [5, 5.41) is 9.03. The molecule has 134 valence electrons. The Labute approximate surface area is 149 Å². The molecular weight excluding hydrogens is 352 g/mol. The Kier molecular flexibility index (Phi) is 4.62. The maximum atomic E-state index is 13.1. The number of ketones is 2. The number of rotatable bonds is 5. The van der Waals surface area contributed by atoms with Gasteiger partial charge in [0.1, 0.15) is 28.7 Å². The van der Waals surface area contributed by atoms with Crippen molar-refractivity contribution in [3.05, 3.63) is 28.5 Å². The summed E-state index contributed by atoms with van der Waals surface area (Å²) >= 11 is 6.34. The Hall–Kier alpha value is -2.25. The molecule has 0 amide bonds. The van der Waals surface area contributed by atoms with Gasteiger partial charge in [0.2, 0.25) is 11.4 Å². The summed E-state index contributed by atoms with van der Waals surface area (Å²) in [4.78, 5) is 24.8. The smallest absolute Gasteiger partial charge is 0.228 e. The van der Waals surface area contributed by atoms with E-state index >= 15 is 0 Å². The average Bonchev–Trinajstić information content (AvgIpc) is 2.91. The van der Waals surface area contributed by atoms with Gasteiger partial charge < -0.3 is 24.1 Å². The van der Waals surface area contributed by atoms with Crippen LogP contribution in [0, 0.1) is 0 Å². The number of ether oxygens (including phenoxy) is 4. The number of carbonyl (C=O) groups is 2. The van der Waals surface area contributed by atoms with Crippen molar-refractivity contribution in [2.45, 2.75) is 18.4 Å². The van der Waals surface area contributed by atoms with Crippen LogP contribution in [-0.4, -0.2) is 49.7 Å². The van der Waals surface area contributed by atoms with Crippen molar-refractivity contribution in [1.82, 2.24) is 0 Å². The van der Waals surface area contributed by atoms with Gasteiger partial charge in [-0.2, -0.15) is 0 Å². The maximum absolute atomic E-state index is 13.1. The van der Waals surface area contributed by atoms with Crippen LogP contribution in [0.3, 0.4) is 0 Å². The maximum Gasteiger partial charge on any atom is 0.228 e. The van der Waals surface area contributed by atoms with Crippen LogP contribution in [0.15, 0.2) is 17.9 Å². The standard InChI is InChI=1S/C17H17ClO7/c1-22-10-8-11(24-6-5-19)14(18)15-13(10)16(21)17(25-15)4-3-9(20)7-12(17)23-2/h7-8,19H,3-6H2,1-2H3/t17-/m0/s1. The van der Waals surface area contributed by atoms with Gasteiger partial charge >= 0.3 is 0 Å². The third-order valence-electron chi connectivity index (χ3n) is 4.22. The lowest BCUT2D eigenvalue weighted by molar-refractivity contribution is -0.116. The highest BCUT2D eigenvalue weighted by Gasteiger charge is 2.56. The second kappa shape index (κ2) is 6.57. The SMILES string of the molecule is COC1=CC(=O)CC[C@]12Oc1c(Cl)c(OCCO)cc(OC)c1C2=O. The van der Waals surface area contributed by atoms with E-state index in [1.165, 1.54) is 26.4 Å². The minimum absolute atomic E-state index is 0.0263. The molecule has 1 N–H and O–H groups in total. The lowest BCUT2D eigenvalue weighted by Crippen LogP contribution is -2.45. The van der Waals surface area contributed by atoms with Crippen LogP contribution in [0.4, 0.5) is 0 Å². The lowest BCUT2D eigenvalue weighted by atomic mass is 9.83. The number of benzene rings is 1. The molecule has 0 fully saturated rings. The van der Waals surface area contributed by atoms with Gasteiger partial charge in [-0.05, 0) is 0 Å². The van der Waals surface area contributed by atoms with Crippen molar-refractivity contribution in [1.29, 1.82) is 0 Å². The summed E-state index contributed by atoms with van der Waals surface area (Å²) < 4.78 is 21.9. The van der Waals surface area contributed by atoms with Crippen molar-refractivity contribution in [3.63, 3.8) is 0 Å². The van der Waals surface area contributed by atoms with E-state index in [0.29, 0.717) is 0 Å². The van der Waals surface area contributed by atoms with Crippen molar-refractivity contribution in [2.75, 3.05) is 27.4 Å². The Morgan fingerprint density at radius 3 is 2.68 bits per heavy atom. The fraction of sp³-hybridized carbons (Fsp3) is 0.412. The van der Waals surface area contributed by atoms with E-state index in [4.69, 9.17) is 35.7 Å². The highest BCUT2D eigenvalue weighted by atomic mass is 35.5. The van der Waals surface area contributed by atoms with E-state index in [2.05, 4.69) is 0 Å². The molecule has 0 aromatic heterocycles. The number of carbonyl (C=O) groups excluding carboxylic acids is 2. The van der Waals surface area contributed by atoms with E-state index in [1.807, 2.05) is 0 Å². The highest BCUT2D eigenvalue weighted by Crippen LogP contribution is 2.53. The predicted molar refractivity (Wildman–Crippen MR) is 87.6 cm³/mol. The molecule has 2 aliphatic rings. The van der Waals surface area contributed by atoms with E-state index in [0.717, 1.165) is 0 Å². The molecule has 1 aromatic rings. The number of methoxy groups -OCH3 is 2. The van der Waals surface area contributed by atoms with Crippen LogP contribution >= 0.6 is 11.6 Å². The molecule has 1 aliphatic heterocycles. The first-order chi connectivity index (χ1) is 12.0. The number of halogens is 1. The number of hydrogen-bond donors (Lipinski definition) is 1. The number of fused-ring (bicyclic) bond motifs is 1. The summed E-state index contributed by atoms with van der Waals surface area (Å²) in [6.07, 6.45) is 1.57. The molecule has 1 heterocycles. The molecular formula is C17H17ClO7. The molecule has 0 bridgehead atoms. The lowest BCUT2D eigenvalue weighted by Gasteiger charge is -2.31. The third-order valence-corrected chi connectivity index (χ3v) is 4.58. The molecule has 7 nitrogen and oxygen atoms in total. The summed E-state index contributed by atoms with van der Waals surface area (Å²) in [7, 11) is 2.79. The fourth-order valence-corrected chi connectivity index (χ4v) is 3.29. The van der Waals surface area contributed by atoms with Crippen molar-refractivity contribution in [3.8, 4) is 17.2 Å². The van der Waals surface area contributed by atoms with Crippen molar-refractivity contribution < 1.29 is 33.6 Å². The number of Topliss-reactive ketones (excluding diaryl/α,β-unsaturated/α-hetero) is 1. The van der Waals surface area contributed by atoms with Crippen LogP contribution in [0.2, 0.25) is 5.02 Å². The van der Waals surface area contributed by atoms with Gasteiger partial charge in [0.15, 0.2) is 17.3 Å². The number of aliphatic hydroxyl groups is 1. The van der Waals surface area contributed by atoms with E-state index in [-0.39, 0.29) is 71.2 Å². The predicted octanol–water partition coefficient (Wildman–Crippen LogP) is 1.93. The topological polar surface area (TPSA) is 91.3 Å². The monoisotopic (exact) mass is 368 g/mol. The highest BCUT2D eigenvalue weighted by molar-refractivity contribution is 6.35. The number of hydrogen-bond acceptors (Lipinski definition) is 7. The minimum Gasteiger partial charge on any atom is -0.496 e. The van der Waals surface area contributed by atoms with Gasteiger partial charge in [-0.3, -0.25) is 9.59 Å². The second-order valence-electron chi connectivity index (χ2n) is 5.60. The Morgan fingerprint density at radius 1 is 1.28 bits per heavy atom. The Balaban J connectivity index is 2.13. The zero-order chi connectivity index (χ0) is 18.2. The zero-order valence-corrected chi connectivity index (χ0v) is 14.5. The molecule has 1 spiro atoms. The summed E-state index contributed by atoms with van der Waals surface area (Å²) in [5.74, 6) is 0.208. The molecule has 0 unspecified atom stereocenters. The average molecular weight is 369 g/mol. The van der Waals surface area contributed by atoms with Gasteiger partial charge in [0, 0.05) is 25.0 Å². The Morgan fingerprint density at radius 2 is 2.04 bits per heavy atom. The van der Waals surface area contributed by atoms with Gasteiger partial charge in [-0.25, -0.2) is 0 Å². The van der Waals surface area contributed by atoms with Crippen LogP contribution in [0.25, 0.3) is 0 Å². The van der Waals surface area contributed by atoms with E-state index in [1.54, 1.807) is 0 Å². The first-order valence-electron chi connectivity index (χ1n) is 7.65. The molecule has 25 heavy (non-hydrogen) atoms. The normalized spacial score (nSPS) is 21.7. The van der Waals surface area contributed by atoms with Crippen molar-refractivity contribution >= 4 is 23.2 Å². The molecule has 0 saturated heterocycles. The van der Waals surface area contributed by atoms with Crippen LogP contribution in [0.1, 0.15) is 23.2 Å². The van der Waals surface area contributed by atoms with Gasteiger partial charge in [-0.15, -0.1) is 0 Å². The van der Waals surface area contributed by atoms with Gasteiger partial charge in [0.05, 0.1) is 20.8 Å². The van der Waals surface area contributed by atoms with Crippen LogP contribution in [0.5, 0.6) is 17.2 Å². The van der Waals surface area contributed by atoms with Crippen LogP contribution < -0.4 is 14.2 Å². The molecule has 1 aliphatic carbocycles. The molecule has 1 atom stereocenters. The quantitative estimate of drug-likeness (QED) is 0.849. The molecule has 0 saturated carbocycles. The second-order valence-corrected chi connectivity index (χ2v) is 5.98. The van der Waals surface area contributed by atoms with Crippen LogP contribution in [-0.2, 0) is 9.53 Å². The first-order valence-corrected chi connectivity index (χ1v) is 8.03. The molecule has 0 radical (unpaired) electrons. The van der Waals surface area contributed by atoms with E-state index in [9.17, 15) is 9.59 Å². The van der Waals surface area contributed by atoms with E-state index < -0.39 is 5.60 Å². The largest absolute Gasteiger partial charge is 0.496 e. The summed E-state index contributed by atoms with van der Waals surface area (Å²) in [5.41, 5.74) is -1.25. The molecule has 8 heteroatoms. The van der Waals surface area contributed by atoms with Crippen molar-refractivity contribution in [2.24, 2.45) is 0 Å². The third kappa shape index (κ3) is 2.63. The Bertz CT molecular complexity index is 771. The molecule has 3 rings (SSSR count). The molecule has 1 aromatic carbocycles. The number of allylic oxidation sites excluding steroid dienone is 1. The van der Waals surface area contributed by atoms with Gasteiger partial charge in [-0.1, -0.05) is 11.6 Å². The minimum atomic E-state index is -1.43. The zero-order valence-electron chi connectivity index (χ0n) is 13.8.